The number of carbonyl (C=O) groups is 1. The first-order valence-electron chi connectivity index (χ1n) is 6.53. The number of hydrogen-bond acceptors (Lipinski definition) is 3. The summed E-state index contributed by atoms with van der Waals surface area (Å²) in [5, 5.41) is 6.19. The van der Waals surface area contributed by atoms with Crippen LogP contribution in [-0.2, 0) is 4.74 Å². The molecule has 4 heteroatoms. The topological polar surface area (TPSA) is 50.4 Å². The molecule has 0 unspecified atom stereocenters. The molecule has 0 spiro atoms. The van der Waals surface area contributed by atoms with Crippen molar-refractivity contribution in [2.45, 2.75) is 64.0 Å². The first-order chi connectivity index (χ1) is 7.87. The average Bonchev–Trinajstić information content (AvgIpc) is 2.11. The molecule has 4 nitrogen and oxygen atoms in total. The van der Waals surface area contributed by atoms with Crippen molar-refractivity contribution in [3.8, 4) is 0 Å². The highest BCUT2D eigenvalue weighted by Gasteiger charge is 2.38. The highest BCUT2D eigenvalue weighted by Crippen LogP contribution is 2.36. The fourth-order valence-corrected chi connectivity index (χ4v) is 2.16. The molecular weight excluding hydrogens is 216 g/mol. The second-order valence-corrected chi connectivity index (χ2v) is 5.97. The van der Waals surface area contributed by atoms with Gasteiger partial charge in [-0.25, -0.2) is 4.79 Å². The summed E-state index contributed by atoms with van der Waals surface area (Å²) in [6, 6.07) is 0. The summed E-state index contributed by atoms with van der Waals surface area (Å²) >= 11 is 0. The fraction of sp³-hybridized carbons (Fsp3) is 0.923. The third-order valence-electron chi connectivity index (χ3n) is 3.16. The minimum absolute atomic E-state index is 0.000810. The molecule has 2 N–H and O–H groups in total. The maximum absolute atomic E-state index is 11.8. The molecule has 0 heterocycles. The summed E-state index contributed by atoms with van der Waals surface area (Å²) < 4.78 is 5.31. The van der Waals surface area contributed by atoms with Crippen molar-refractivity contribution in [1.29, 1.82) is 0 Å². The molecule has 0 bridgehead atoms. The van der Waals surface area contributed by atoms with Gasteiger partial charge in [0.05, 0.1) is 0 Å². The van der Waals surface area contributed by atoms with Crippen molar-refractivity contribution in [2.24, 2.45) is 0 Å². The number of hydrogen-bond donors (Lipinski definition) is 2. The Morgan fingerprint density at radius 3 is 2.41 bits per heavy atom. The van der Waals surface area contributed by atoms with Crippen LogP contribution >= 0.6 is 0 Å². The van der Waals surface area contributed by atoms with Crippen molar-refractivity contribution in [3.05, 3.63) is 0 Å². The molecule has 1 saturated carbocycles. The second kappa shape index (κ2) is 5.71. The monoisotopic (exact) mass is 242 g/mol. The van der Waals surface area contributed by atoms with E-state index in [0.717, 1.165) is 32.2 Å². The van der Waals surface area contributed by atoms with Crippen LogP contribution in [0.25, 0.3) is 0 Å². The molecule has 1 amide bonds. The molecule has 0 aliphatic heterocycles. The van der Waals surface area contributed by atoms with Crippen LogP contribution in [0, 0.1) is 0 Å². The van der Waals surface area contributed by atoms with E-state index in [0.29, 0.717) is 0 Å². The first-order valence-corrected chi connectivity index (χ1v) is 6.53. The lowest BCUT2D eigenvalue weighted by atomic mass is 9.74. The number of alkyl carbamates (subject to hydrolysis) is 1. The lowest BCUT2D eigenvalue weighted by Gasteiger charge is -2.43. The third-order valence-corrected chi connectivity index (χ3v) is 3.16. The normalized spacial score (nSPS) is 18.4. The first kappa shape index (κ1) is 14.3. The van der Waals surface area contributed by atoms with Crippen LogP contribution in [-0.4, -0.2) is 30.8 Å². The Labute approximate surface area is 104 Å². The lowest BCUT2D eigenvalue weighted by Crippen LogP contribution is -2.54. The summed E-state index contributed by atoms with van der Waals surface area (Å²) in [4.78, 5) is 11.8. The van der Waals surface area contributed by atoms with Gasteiger partial charge in [-0.2, -0.15) is 0 Å². The van der Waals surface area contributed by atoms with Gasteiger partial charge in [0.2, 0.25) is 0 Å². The number of amides is 1. The minimum atomic E-state index is -0.417. The van der Waals surface area contributed by atoms with Crippen molar-refractivity contribution < 1.29 is 9.53 Å². The van der Waals surface area contributed by atoms with Gasteiger partial charge in [-0.3, -0.25) is 0 Å². The van der Waals surface area contributed by atoms with Crippen LogP contribution < -0.4 is 10.6 Å². The SMILES string of the molecule is CNCCCC1(NC(=O)OC(C)(C)C)CCC1. The Morgan fingerprint density at radius 2 is 2.00 bits per heavy atom. The standard InChI is InChI=1S/C13H26N2O2/c1-12(2,3)17-11(16)15-13(7-5-8-13)9-6-10-14-4/h14H,5-10H2,1-4H3,(H,15,16). The highest BCUT2D eigenvalue weighted by molar-refractivity contribution is 5.69. The number of rotatable bonds is 5. The van der Waals surface area contributed by atoms with E-state index < -0.39 is 5.60 Å². The van der Waals surface area contributed by atoms with E-state index in [1.165, 1.54) is 6.42 Å². The molecule has 1 rings (SSSR count). The molecule has 100 valence electrons. The summed E-state index contributed by atoms with van der Waals surface area (Å²) in [7, 11) is 1.95. The van der Waals surface area contributed by atoms with Crippen LogP contribution in [0.4, 0.5) is 4.79 Å². The Bertz CT molecular complexity index is 255. The largest absolute Gasteiger partial charge is 0.444 e. The quantitative estimate of drug-likeness (QED) is 0.728. The van der Waals surface area contributed by atoms with Gasteiger partial charge in [0.25, 0.3) is 0 Å². The predicted molar refractivity (Wildman–Crippen MR) is 69.1 cm³/mol. The van der Waals surface area contributed by atoms with Crippen molar-refractivity contribution in [1.82, 2.24) is 10.6 Å². The van der Waals surface area contributed by atoms with Gasteiger partial charge < -0.3 is 15.4 Å². The zero-order valence-corrected chi connectivity index (χ0v) is 11.6. The fourth-order valence-electron chi connectivity index (χ4n) is 2.16. The van der Waals surface area contributed by atoms with E-state index in [9.17, 15) is 4.79 Å². The molecule has 0 aromatic rings. The number of ether oxygens (including phenoxy) is 1. The lowest BCUT2D eigenvalue weighted by molar-refractivity contribution is 0.0368. The van der Waals surface area contributed by atoms with Gasteiger partial charge in [-0.1, -0.05) is 0 Å². The Kier molecular flexibility index (Phi) is 4.80. The van der Waals surface area contributed by atoms with Gasteiger partial charge in [-0.05, 0) is 66.5 Å². The zero-order chi connectivity index (χ0) is 12.9. The smallest absolute Gasteiger partial charge is 0.408 e. The van der Waals surface area contributed by atoms with Crippen molar-refractivity contribution in [2.75, 3.05) is 13.6 Å². The van der Waals surface area contributed by atoms with Gasteiger partial charge >= 0.3 is 6.09 Å². The van der Waals surface area contributed by atoms with E-state index in [4.69, 9.17) is 4.74 Å². The molecule has 0 aromatic heterocycles. The van der Waals surface area contributed by atoms with Gasteiger partial charge in [-0.15, -0.1) is 0 Å². The summed E-state index contributed by atoms with van der Waals surface area (Å²) in [5.74, 6) is 0. The molecule has 0 saturated heterocycles. The maximum atomic E-state index is 11.8. The highest BCUT2D eigenvalue weighted by atomic mass is 16.6. The van der Waals surface area contributed by atoms with Gasteiger partial charge in [0.1, 0.15) is 5.60 Å². The van der Waals surface area contributed by atoms with Crippen LogP contribution in [0.1, 0.15) is 52.9 Å². The van der Waals surface area contributed by atoms with Gasteiger partial charge in [0, 0.05) is 5.54 Å². The summed E-state index contributed by atoms with van der Waals surface area (Å²) in [5.41, 5.74) is -0.417. The third kappa shape index (κ3) is 4.94. The molecule has 0 radical (unpaired) electrons. The molecular formula is C13H26N2O2. The molecule has 0 aromatic carbocycles. The Hall–Kier alpha value is -0.770. The summed E-state index contributed by atoms with van der Waals surface area (Å²) in [6.45, 7) is 6.67. The molecule has 1 fully saturated rings. The number of carbonyl (C=O) groups excluding carboxylic acids is 1. The zero-order valence-electron chi connectivity index (χ0n) is 11.6. The average molecular weight is 242 g/mol. The Morgan fingerprint density at radius 1 is 1.35 bits per heavy atom. The second-order valence-electron chi connectivity index (χ2n) is 5.97. The number of nitrogens with one attached hydrogen (secondary N) is 2. The van der Waals surface area contributed by atoms with Crippen molar-refractivity contribution in [3.63, 3.8) is 0 Å². The van der Waals surface area contributed by atoms with Crippen LogP contribution in [0.15, 0.2) is 0 Å². The Balaban J connectivity index is 2.38. The molecule has 17 heavy (non-hydrogen) atoms. The van der Waals surface area contributed by atoms with Crippen LogP contribution in [0.3, 0.4) is 0 Å². The van der Waals surface area contributed by atoms with E-state index in [-0.39, 0.29) is 11.6 Å². The molecule has 1 aliphatic carbocycles. The molecule has 0 atom stereocenters. The van der Waals surface area contributed by atoms with Crippen molar-refractivity contribution >= 4 is 6.09 Å². The van der Waals surface area contributed by atoms with Gasteiger partial charge in [0.15, 0.2) is 0 Å². The summed E-state index contributed by atoms with van der Waals surface area (Å²) in [6.07, 6.45) is 5.21. The predicted octanol–water partition coefficient (Wildman–Crippen LogP) is 2.43. The van der Waals surface area contributed by atoms with E-state index in [1.54, 1.807) is 0 Å². The van der Waals surface area contributed by atoms with Crippen LogP contribution in [0.2, 0.25) is 0 Å². The maximum Gasteiger partial charge on any atom is 0.408 e. The molecule has 1 aliphatic rings. The van der Waals surface area contributed by atoms with E-state index in [1.807, 2.05) is 27.8 Å². The minimum Gasteiger partial charge on any atom is -0.444 e. The van der Waals surface area contributed by atoms with Crippen LogP contribution in [0.5, 0.6) is 0 Å². The van der Waals surface area contributed by atoms with E-state index in [2.05, 4.69) is 10.6 Å². The van der Waals surface area contributed by atoms with E-state index >= 15 is 0 Å².